The summed E-state index contributed by atoms with van der Waals surface area (Å²) in [6.07, 6.45) is 6.52. The maximum absolute atomic E-state index is 13.1. The number of piperidine rings is 1. The third-order valence-corrected chi connectivity index (χ3v) is 5.69. The number of hydrogen-bond donors (Lipinski definition) is 0. The Labute approximate surface area is 185 Å². The molecule has 0 saturated carbocycles. The fraction of sp³-hybridized carbons (Fsp3) is 0.348. The normalized spacial score (nSPS) is 16.3. The molecule has 0 radical (unpaired) electrons. The molecule has 1 aromatic carbocycles. The summed E-state index contributed by atoms with van der Waals surface area (Å²) in [5.41, 5.74) is 1.29. The molecule has 1 saturated heterocycles. The van der Waals surface area contributed by atoms with E-state index in [1.165, 1.54) is 18.2 Å². The number of hydrogen-bond acceptors (Lipinski definition) is 5. The zero-order valence-electron chi connectivity index (χ0n) is 17.0. The molecule has 1 aliphatic heterocycles. The van der Waals surface area contributed by atoms with E-state index in [9.17, 15) is 9.18 Å². The Hall–Kier alpha value is -2.93. The van der Waals surface area contributed by atoms with Crippen LogP contribution in [0, 0.1) is 5.82 Å². The molecule has 0 N–H and O–H groups in total. The summed E-state index contributed by atoms with van der Waals surface area (Å²) in [6.45, 7) is 0.740. The summed E-state index contributed by atoms with van der Waals surface area (Å²) in [7, 11) is 0. The van der Waals surface area contributed by atoms with E-state index >= 15 is 0 Å². The summed E-state index contributed by atoms with van der Waals surface area (Å²) in [5.74, 6) is 0.147. The van der Waals surface area contributed by atoms with E-state index in [2.05, 4.69) is 10.1 Å². The molecule has 8 heteroatoms. The number of halogens is 2. The number of carbonyl (C=O) groups is 1. The lowest BCUT2D eigenvalue weighted by molar-refractivity contribution is 0.0591. The summed E-state index contributed by atoms with van der Waals surface area (Å²) in [4.78, 5) is 19.4. The van der Waals surface area contributed by atoms with E-state index < -0.39 is 5.82 Å². The number of benzene rings is 1. The van der Waals surface area contributed by atoms with Gasteiger partial charge in [-0.2, -0.15) is 0 Å². The average Bonchev–Trinajstić information content (AvgIpc) is 3.27. The van der Waals surface area contributed by atoms with Crippen LogP contribution in [0.3, 0.4) is 0 Å². The minimum atomic E-state index is -0.441. The second-order valence-electron chi connectivity index (χ2n) is 7.55. The molecule has 0 bridgehead atoms. The van der Waals surface area contributed by atoms with Gasteiger partial charge in [0.2, 0.25) is 0 Å². The number of carbonyl (C=O) groups excluding carboxylic acids is 1. The van der Waals surface area contributed by atoms with Crippen molar-refractivity contribution in [3.05, 3.63) is 76.6 Å². The van der Waals surface area contributed by atoms with Crippen LogP contribution in [-0.2, 0) is 13.0 Å². The first-order valence-corrected chi connectivity index (χ1v) is 10.7. The van der Waals surface area contributed by atoms with E-state index in [1.54, 1.807) is 12.3 Å². The van der Waals surface area contributed by atoms with Gasteiger partial charge in [0.1, 0.15) is 18.2 Å². The van der Waals surface area contributed by atoms with Gasteiger partial charge in [0.25, 0.3) is 5.91 Å². The highest BCUT2D eigenvalue weighted by molar-refractivity contribution is 6.32. The smallest absolute Gasteiger partial charge is 0.276 e. The Kier molecular flexibility index (Phi) is 6.82. The van der Waals surface area contributed by atoms with Crippen LogP contribution in [0.25, 0.3) is 0 Å². The van der Waals surface area contributed by atoms with E-state index in [-0.39, 0.29) is 29.3 Å². The number of nitrogens with zero attached hydrogens (tertiary/aromatic N) is 3. The molecule has 1 fully saturated rings. The SMILES string of the molecule is O=C(c1cc(COc2ccc(F)cc2Cl)on1)N1CCCC[C@@H]1CCc1ccccn1. The van der Waals surface area contributed by atoms with Crippen molar-refractivity contribution in [3.63, 3.8) is 0 Å². The van der Waals surface area contributed by atoms with Crippen molar-refractivity contribution < 1.29 is 18.4 Å². The molecule has 3 heterocycles. The maximum Gasteiger partial charge on any atom is 0.276 e. The Balaban J connectivity index is 1.38. The molecule has 1 amide bonds. The first-order valence-electron chi connectivity index (χ1n) is 10.3. The van der Waals surface area contributed by atoms with Crippen molar-refractivity contribution in [2.45, 2.75) is 44.8 Å². The molecule has 0 unspecified atom stereocenters. The third-order valence-electron chi connectivity index (χ3n) is 5.39. The second kappa shape index (κ2) is 9.92. The van der Waals surface area contributed by atoms with Crippen LogP contribution in [0.5, 0.6) is 5.75 Å². The number of amides is 1. The second-order valence-corrected chi connectivity index (χ2v) is 7.96. The number of pyridine rings is 1. The number of aryl methyl sites for hydroxylation is 1. The summed E-state index contributed by atoms with van der Waals surface area (Å²) in [5, 5.41) is 4.11. The molecule has 4 rings (SSSR count). The van der Waals surface area contributed by atoms with Crippen molar-refractivity contribution in [2.24, 2.45) is 0 Å². The summed E-state index contributed by atoms with van der Waals surface area (Å²) >= 11 is 5.97. The lowest BCUT2D eigenvalue weighted by Crippen LogP contribution is -2.44. The molecule has 162 valence electrons. The van der Waals surface area contributed by atoms with Gasteiger partial charge in [-0.25, -0.2) is 4.39 Å². The highest BCUT2D eigenvalue weighted by Crippen LogP contribution is 2.26. The Morgan fingerprint density at radius 3 is 2.97 bits per heavy atom. The van der Waals surface area contributed by atoms with Crippen LogP contribution in [0.1, 0.15) is 47.6 Å². The first kappa shape index (κ1) is 21.3. The van der Waals surface area contributed by atoms with E-state index in [4.69, 9.17) is 20.9 Å². The number of aromatic nitrogens is 2. The molecule has 1 aliphatic rings. The number of ether oxygens (including phenoxy) is 1. The lowest BCUT2D eigenvalue weighted by atomic mass is 9.96. The van der Waals surface area contributed by atoms with Gasteiger partial charge in [-0.3, -0.25) is 9.78 Å². The predicted molar refractivity (Wildman–Crippen MR) is 113 cm³/mol. The van der Waals surface area contributed by atoms with Gasteiger partial charge < -0.3 is 14.2 Å². The zero-order valence-corrected chi connectivity index (χ0v) is 17.7. The molecule has 6 nitrogen and oxygen atoms in total. The van der Waals surface area contributed by atoms with Crippen molar-refractivity contribution in [1.29, 1.82) is 0 Å². The van der Waals surface area contributed by atoms with Crippen LogP contribution in [0.4, 0.5) is 4.39 Å². The van der Waals surface area contributed by atoms with Gasteiger partial charge in [0.05, 0.1) is 5.02 Å². The molecule has 31 heavy (non-hydrogen) atoms. The van der Waals surface area contributed by atoms with Crippen molar-refractivity contribution >= 4 is 17.5 Å². The predicted octanol–water partition coefficient (Wildman–Crippen LogP) is 5.07. The van der Waals surface area contributed by atoms with E-state index in [1.807, 2.05) is 23.1 Å². The molecule has 3 aromatic rings. The van der Waals surface area contributed by atoms with Gasteiger partial charge in [0, 0.05) is 30.5 Å². The van der Waals surface area contributed by atoms with Crippen molar-refractivity contribution in [2.75, 3.05) is 6.54 Å². The van der Waals surface area contributed by atoms with Crippen molar-refractivity contribution in [3.8, 4) is 5.75 Å². The quantitative estimate of drug-likeness (QED) is 0.510. The Morgan fingerprint density at radius 2 is 2.16 bits per heavy atom. The summed E-state index contributed by atoms with van der Waals surface area (Å²) in [6, 6.07) is 11.5. The van der Waals surface area contributed by atoms with Gasteiger partial charge in [0.15, 0.2) is 11.5 Å². The molecular formula is C23H23ClFN3O3. The maximum atomic E-state index is 13.1. The number of likely N-dealkylation sites (tertiary alicyclic amines) is 1. The molecule has 1 atom stereocenters. The van der Waals surface area contributed by atoms with Crippen LogP contribution in [-0.4, -0.2) is 33.5 Å². The fourth-order valence-electron chi connectivity index (χ4n) is 3.80. The zero-order chi connectivity index (χ0) is 21.6. The van der Waals surface area contributed by atoms with Crippen LogP contribution >= 0.6 is 11.6 Å². The standard InChI is InChI=1S/C23H23ClFN3O3/c24-20-13-16(25)7-10-22(20)30-15-19-14-21(27-31-19)23(29)28-12-4-2-6-18(28)9-8-17-5-1-3-11-26-17/h1,3,5,7,10-11,13-14,18H,2,4,6,8-9,12,15H2/t18-/m1/s1. The monoisotopic (exact) mass is 443 g/mol. The van der Waals surface area contributed by atoms with Gasteiger partial charge in [-0.1, -0.05) is 22.8 Å². The van der Waals surface area contributed by atoms with Gasteiger partial charge >= 0.3 is 0 Å². The molecule has 2 aromatic heterocycles. The van der Waals surface area contributed by atoms with Crippen LogP contribution < -0.4 is 4.74 Å². The van der Waals surface area contributed by atoms with Crippen LogP contribution in [0.2, 0.25) is 5.02 Å². The van der Waals surface area contributed by atoms with Gasteiger partial charge in [-0.15, -0.1) is 0 Å². The van der Waals surface area contributed by atoms with Crippen molar-refractivity contribution in [1.82, 2.24) is 15.0 Å². The third kappa shape index (κ3) is 5.41. The van der Waals surface area contributed by atoms with Crippen LogP contribution in [0.15, 0.2) is 53.2 Å². The topological polar surface area (TPSA) is 68.5 Å². The Morgan fingerprint density at radius 1 is 1.26 bits per heavy atom. The highest BCUT2D eigenvalue weighted by atomic mass is 35.5. The lowest BCUT2D eigenvalue weighted by Gasteiger charge is -2.35. The minimum Gasteiger partial charge on any atom is -0.484 e. The molecular weight excluding hydrogens is 421 g/mol. The van der Waals surface area contributed by atoms with E-state index in [0.717, 1.165) is 37.8 Å². The first-order chi connectivity index (χ1) is 15.1. The minimum absolute atomic E-state index is 0.0364. The van der Waals surface area contributed by atoms with E-state index in [0.29, 0.717) is 18.1 Å². The highest BCUT2D eigenvalue weighted by Gasteiger charge is 2.29. The fourth-order valence-corrected chi connectivity index (χ4v) is 4.02. The summed E-state index contributed by atoms with van der Waals surface area (Å²) < 4.78 is 24.0. The number of rotatable bonds is 7. The van der Waals surface area contributed by atoms with Gasteiger partial charge in [-0.05, 0) is 62.4 Å². The largest absolute Gasteiger partial charge is 0.484 e. The molecule has 0 aliphatic carbocycles. The Bertz CT molecular complexity index is 1030. The molecule has 0 spiro atoms. The average molecular weight is 444 g/mol.